The first-order valence-corrected chi connectivity index (χ1v) is 10.0. The number of hydrogen-bond acceptors (Lipinski definition) is 6. The summed E-state index contributed by atoms with van der Waals surface area (Å²) >= 11 is 0. The monoisotopic (exact) mass is 420 g/mol. The predicted octanol–water partition coefficient (Wildman–Crippen LogP) is 5.12. The highest BCUT2D eigenvalue weighted by Gasteiger charge is 2.16. The van der Waals surface area contributed by atoms with E-state index in [1.807, 2.05) is 50.2 Å². The molecule has 0 aromatic heterocycles. The highest BCUT2D eigenvalue weighted by molar-refractivity contribution is 5.93. The Morgan fingerprint density at radius 2 is 1.65 bits per heavy atom. The fourth-order valence-electron chi connectivity index (χ4n) is 3.12. The highest BCUT2D eigenvalue weighted by atomic mass is 16.5. The van der Waals surface area contributed by atoms with Gasteiger partial charge >= 0.3 is 5.97 Å². The Morgan fingerprint density at radius 1 is 0.903 bits per heavy atom. The van der Waals surface area contributed by atoms with Crippen LogP contribution in [0.15, 0.2) is 66.7 Å². The summed E-state index contributed by atoms with van der Waals surface area (Å²) in [5.41, 5.74) is 5.31. The zero-order chi connectivity index (χ0) is 22.2. The van der Waals surface area contributed by atoms with Crippen molar-refractivity contribution in [2.75, 3.05) is 24.9 Å². The van der Waals surface area contributed by atoms with E-state index >= 15 is 0 Å². The summed E-state index contributed by atoms with van der Waals surface area (Å²) in [4.78, 5) is 12.4. The molecular weight excluding hydrogens is 392 g/mol. The van der Waals surface area contributed by atoms with Crippen LogP contribution in [0.1, 0.15) is 27.0 Å². The van der Waals surface area contributed by atoms with E-state index in [-0.39, 0.29) is 0 Å². The lowest BCUT2D eigenvalue weighted by atomic mass is 10.1. The van der Waals surface area contributed by atoms with Crippen LogP contribution in [-0.4, -0.2) is 26.5 Å². The van der Waals surface area contributed by atoms with E-state index < -0.39 is 12.3 Å². The third-order valence-electron chi connectivity index (χ3n) is 4.88. The Labute approximate surface area is 183 Å². The number of esters is 1. The molecule has 3 aromatic rings. The van der Waals surface area contributed by atoms with E-state index in [0.717, 1.165) is 22.4 Å². The minimum absolute atomic E-state index is 0.340. The Hall–Kier alpha value is -3.51. The molecule has 6 heteroatoms. The molecule has 2 N–H and O–H groups in total. The number of benzene rings is 3. The summed E-state index contributed by atoms with van der Waals surface area (Å²) < 4.78 is 16.4. The summed E-state index contributed by atoms with van der Waals surface area (Å²) in [6, 6.07) is 21.2. The highest BCUT2D eigenvalue weighted by Crippen LogP contribution is 2.26. The van der Waals surface area contributed by atoms with Crippen molar-refractivity contribution in [2.45, 2.75) is 26.8 Å². The van der Waals surface area contributed by atoms with Crippen LogP contribution in [0.4, 0.5) is 11.4 Å². The number of hydrogen-bond donors (Lipinski definition) is 2. The number of aryl methyl sites for hydroxylation is 2. The Bertz CT molecular complexity index is 1020. The van der Waals surface area contributed by atoms with E-state index in [1.165, 1.54) is 7.11 Å². The second-order valence-corrected chi connectivity index (χ2v) is 7.19. The first-order chi connectivity index (χ1) is 15.0. The lowest BCUT2D eigenvalue weighted by molar-refractivity contribution is 0.0595. The summed E-state index contributed by atoms with van der Waals surface area (Å²) in [6.07, 6.45) is -0.491. The molecule has 0 aliphatic carbocycles. The lowest BCUT2D eigenvalue weighted by Crippen LogP contribution is -2.30. The Balaban J connectivity index is 1.77. The molecule has 0 radical (unpaired) electrons. The van der Waals surface area contributed by atoms with Crippen molar-refractivity contribution >= 4 is 17.3 Å². The van der Waals surface area contributed by atoms with Crippen LogP contribution in [0.25, 0.3) is 0 Å². The molecular formula is C25H28N2O4. The first kappa shape index (κ1) is 22.2. The van der Waals surface area contributed by atoms with Crippen molar-refractivity contribution in [3.8, 4) is 5.75 Å². The van der Waals surface area contributed by atoms with Crippen molar-refractivity contribution in [1.29, 1.82) is 0 Å². The van der Waals surface area contributed by atoms with Crippen LogP contribution in [-0.2, 0) is 16.1 Å². The molecule has 0 spiro atoms. The van der Waals surface area contributed by atoms with Gasteiger partial charge in [0.15, 0.2) is 0 Å². The second-order valence-electron chi connectivity index (χ2n) is 7.19. The van der Waals surface area contributed by atoms with Crippen LogP contribution >= 0.6 is 0 Å². The Kier molecular flexibility index (Phi) is 7.51. The van der Waals surface area contributed by atoms with Crippen LogP contribution < -0.4 is 15.4 Å². The fraction of sp³-hybridized carbons (Fsp3) is 0.240. The number of ether oxygens (including phenoxy) is 3. The van der Waals surface area contributed by atoms with Gasteiger partial charge in [-0.3, -0.25) is 0 Å². The van der Waals surface area contributed by atoms with Crippen LogP contribution in [0, 0.1) is 13.8 Å². The average molecular weight is 421 g/mol. The van der Waals surface area contributed by atoms with Gasteiger partial charge in [-0.15, -0.1) is 0 Å². The van der Waals surface area contributed by atoms with Crippen LogP contribution in [0.3, 0.4) is 0 Å². The first-order valence-electron chi connectivity index (χ1n) is 10.0. The van der Waals surface area contributed by atoms with Gasteiger partial charge in [-0.25, -0.2) is 4.79 Å². The van der Waals surface area contributed by atoms with Gasteiger partial charge in [0.25, 0.3) is 0 Å². The average Bonchev–Trinajstić information content (AvgIpc) is 2.79. The summed E-state index contributed by atoms with van der Waals surface area (Å²) in [5.74, 6) is -0.00658. The smallest absolute Gasteiger partial charge is 0.341 e. The zero-order valence-electron chi connectivity index (χ0n) is 18.3. The molecule has 3 rings (SSSR count). The van der Waals surface area contributed by atoms with Crippen molar-refractivity contribution in [3.63, 3.8) is 0 Å². The van der Waals surface area contributed by atoms with Gasteiger partial charge in [0.1, 0.15) is 17.9 Å². The van der Waals surface area contributed by atoms with Crippen molar-refractivity contribution in [1.82, 2.24) is 0 Å². The normalized spacial score (nSPS) is 11.5. The number of carbonyl (C=O) groups is 1. The van der Waals surface area contributed by atoms with Gasteiger partial charge in [-0.05, 0) is 55.3 Å². The number of anilines is 2. The molecule has 0 saturated heterocycles. The molecule has 3 aromatic carbocycles. The van der Waals surface area contributed by atoms with E-state index in [9.17, 15) is 4.79 Å². The van der Waals surface area contributed by atoms with Crippen molar-refractivity contribution in [3.05, 3.63) is 89.0 Å². The molecule has 0 saturated carbocycles. The number of rotatable bonds is 9. The molecule has 0 heterocycles. The summed E-state index contributed by atoms with van der Waals surface area (Å²) in [6.45, 7) is 4.44. The quantitative estimate of drug-likeness (QED) is 0.370. The third kappa shape index (κ3) is 5.99. The van der Waals surface area contributed by atoms with Gasteiger partial charge in [0, 0.05) is 18.5 Å². The van der Waals surface area contributed by atoms with Crippen LogP contribution in [0.5, 0.6) is 5.75 Å². The zero-order valence-corrected chi connectivity index (χ0v) is 18.3. The number of carbonyl (C=O) groups excluding carboxylic acids is 1. The maximum atomic E-state index is 12.4. The van der Waals surface area contributed by atoms with Gasteiger partial charge in [0.2, 0.25) is 6.35 Å². The second kappa shape index (κ2) is 10.5. The standard InChI is InChI=1S/C25H28N2O4/c1-17-10-11-18(2)19(14-17)16-31-23-13-12-21(15-22(23)24(28)29-3)27-25(30-4)26-20-8-6-5-7-9-20/h5-15,25-27H,16H2,1-4H3. The van der Waals surface area contributed by atoms with Gasteiger partial charge in [0.05, 0.1) is 7.11 Å². The molecule has 0 amide bonds. The predicted molar refractivity (Wildman–Crippen MR) is 123 cm³/mol. The van der Waals surface area contributed by atoms with E-state index in [1.54, 1.807) is 19.2 Å². The van der Waals surface area contributed by atoms with E-state index in [4.69, 9.17) is 14.2 Å². The summed E-state index contributed by atoms with van der Waals surface area (Å²) in [5, 5.41) is 6.45. The van der Waals surface area contributed by atoms with Crippen molar-refractivity contribution < 1.29 is 19.0 Å². The fourth-order valence-corrected chi connectivity index (χ4v) is 3.12. The third-order valence-corrected chi connectivity index (χ3v) is 4.88. The molecule has 162 valence electrons. The van der Waals surface area contributed by atoms with Crippen molar-refractivity contribution in [2.24, 2.45) is 0 Å². The maximum Gasteiger partial charge on any atom is 0.341 e. The SMILES string of the molecule is COC(=O)c1cc(NC(Nc2ccccc2)OC)ccc1OCc1cc(C)ccc1C. The van der Waals surface area contributed by atoms with Crippen LogP contribution in [0.2, 0.25) is 0 Å². The van der Waals surface area contributed by atoms with E-state index in [2.05, 4.69) is 28.8 Å². The van der Waals surface area contributed by atoms with Gasteiger partial charge in [-0.1, -0.05) is 42.0 Å². The van der Waals surface area contributed by atoms with E-state index in [0.29, 0.717) is 23.6 Å². The molecule has 0 aliphatic heterocycles. The Morgan fingerprint density at radius 3 is 2.35 bits per heavy atom. The minimum atomic E-state index is -0.491. The lowest BCUT2D eigenvalue weighted by Gasteiger charge is -2.21. The summed E-state index contributed by atoms with van der Waals surface area (Å²) in [7, 11) is 2.95. The number of nitrogens with one attached hydrogen (secondary N) is 2. The molecule has 31 heavy (non-hydrogen) atoms. The van der Waals surface area contributed by atoms with Gasteiger partial charge < -0.3 is 24.8 Å². The minimum Gasteiger partial charge on any atom is -0.488 e. The molecule has 6 nitrogen and oxygen atoms in total. The molecule has 1 atom stereocenters. The molecule has 1 unspecified atom stereocenters. The molecule has 0 fully saturated rings. The largest absolute Gasteiger partial charge is 0.488 e. The maximum absolute atomic E-state index is 12.4. The topological polar surface area (TPSA) is 68.8 Å². The number of methoxy groups -OCH3 is 2. The number of para-hydroxylation sites is 1. The van der Waals surface area contributed by atoms with Gasteiger partial charge in [-0.2, -0.15) is 0 Å². The molecule has 0 aliphatic rings. The molecule has 0 bridgehead atoms.